The third-order valence-corrected chi connectivity index (χ3v) is 4.31. The molecule has 2 rings (SSSR count). The third-order valence-electron chi connectivity index (χ3n) is 4.31. The number of nitrogens with one attached hydrogen (secondary N) is 1. The minimum absolute atomic E-state index is 0.125. The summed E-state index contributed by atoms with van der Waals surface area (Å²) in [7, 11) is 1.64. The number of benzene rings is 1. The van der Waals surface area contributed by atoms with Crippen LogP contribution in [0, 0.1) is 6.92 Å². The van der Waals surface area contributed by atoms with Crippen molar-refractivity contribution >= 4 is 12.0 Å². The van der Waals surface area contributed by atoms with E-state index in [1.165, 1.54) is 4.90 Å². The summed E-state index contributed by atoms with van der Waals surface area (Å²) in [6.07, 6.45) is 1.73. The van der Waals surface area contributed by atoms with Crippen LogP contribution in [-0.2, 0) is 16.0 Å². The van der Waals surface area contributed by atoms with Crippen LogP contribution in [0.4, 0.5) is 4.79 Å². The molecule has 1 aliphatic heterocycles. The molecule has 0 aromatic heterocycles. The molecule has 0 radical (unpaired) electrons. The standard InChI is InChI=1S/C20H30N2O4/c1-14-8-9-17(25-5)15(13-14)10-11-21-18(23)16-7-6-12-22(16)19(24)26-20(2,3)4/h8-9,13,16H,6-7,10-12H2,1-5H3,(H,21,23)/t16-/m0/s1. The van der Waals surface area contributed by atoms with Gasteiger partial charge in [0, 0.05) is 13.1 Å². The van der Waals surface area contributed by atoms with Crippen LogP contribution in [0.2, 0.25) is 0 Å². The van der Waals surface area contributed by atoms with Crippen molar-refractivity contribution in [3.8, 4) is 5.75 Å². The molecule has 1 heterocycles. The lowest BCUT2D eigenvalue weighted by molar-refractivity contribution is -0.125. The van der Waals surface area contributed by atoms with Gasteiger partial charge in [0.1, 0.15) is 17.4 Å². The molecule has 1 aliphatic rings. The van der Waals surface area contributed by atoms with E-state index in [9.17, 15) is 9.59 Å². The highest BCUT2D eigenvalue weighted by molar-refractivity contribution is 5.86. The quantitative estimate of drug-likeness (QED) is 0.874. The van der Waals surface area contributed by atoms with E-state index in [-0.39, 0.29) is 5.91 Å². The zero-order valence-corrected chi connectivity index (χ0v) is 16.4. The van der Waals surface area contributed by atoms with Crippen molar-refractivity contribution in [1.29, 1.82) is 0 Å². The molecule has 6 heteroatoms. The molecule has 1 aromatic carbocycles. The smallest absolute Gasteiger partial charge is 0.410 e. The maximum Gasteiger partial charge on any atom is 0.410 e. The second-order valence-electron chi connectivity index (χ2n) is 7.69. The summed E-state index contributed by atoms with van der Waals surface area (Å²) in [4.78, 5) is 26.4. The van der Waals surface area contributed by atoms with E-state index in [1.54, 1.807) is 7.11 Å². The zero-order valence-electron chi connectivity index (χ0n) is 16.4. The van der Waals surface area contributed by atoms with Gasteiger partial charge in [0.15, 0.2) is 0 Å². The molecule has 2 amide bonds. The van der Waals surface area contributed by atoms with Gasteiger partial charge in [0.2, 0.25) is 5.91 Å². The number of carbonyl (C=O) groups is 2. The first kappa shape index (κ1) is 20.1. The normalized spacial score (nSPS) is 17.1. The number of carbonyl (C=O) groups excluding carboxylic acids is 2. The van der Waals surface area contributed by atoms with E-state index in [0.717, 1.165) is 23.3 Å². The average molecular weight is 362 g/mol. The lowest BCUT2D eigenvalue weighted by atomic mass is 10.1. The fourth-order valence-electron chi connectivity index (χ4n) is 3.12. The van der Waals surface area contributed by atoms with Gasteiger partial charge in [-0.3, -0.25) is 9.69 Å². The van der Waals surface area contributed by atoms with Crippen molar-refractivity contribution in [2.75, 3.05) is 20.2 Å². The number of aryl methyl sites for hydroxylation is 1. The monoisotopic (exact) mass is 362 g/mol. The summed E-state index contributed by atoms with van der Waals surface area (Å²) in [5.41, 5.74) is 1.64. The molecule has 1 aromatic rings. The van der Waals surface area contributed by atoms with Crippen molar-refractivity contribution in [3.05, 3.63) is 29.3 Å². The summed E-state index contributed by atoms with van der Waals surface area (Å²) in [5, 5.41) is 2.95. The first-order valence-corrected chi connectivity index (χ1v) is 9.12. The Bertz CT molecular complexity index is 652. The van der Waals surface area contributed by atoms with Crippen molar-refractivity contribution in [2.24, 2.45) is 0 Å². The molecule has 1 saturated heterocycles. The minimum Gasteiger partial charge on any atom is -0.496 e. The molecule has 0 spiro atoms. The lowest BCUT2D eigenvalue weighted by Gasteiger charge is -2.28. The zero-order chi connectivity index (χ0) is 19.3. The van der Waals surface area contributed by atoms with Gasteiger partial charge < -0.3 is 14.8 Å². The molecular formula is C20H30N2O4. The maximum absolute atomic E-state index is 12.5. The molecule has 0 bridgehead atoms. The predicted molar refractivity (Wildman–Crippen MR) is 100 cm³/mol. The van der Waals surface area contributed by atoms with Gasteiger partial charge in [0.05, 0.1) is 7.11 Å². The van der Waals surface area contributed by atoms with Crippen LogP contribution < -0.4 is 10.1 Å². The van der Waals surface area contributed by atoms with Crippen LogP contribution in [0.15, 0.2) is 18.2 Å². The van der Waals surface area contributed by atoms with Crippen molar-refractivity contribution in [3.63, 3.8) is 0 Å². The van der Waals surface area contributed by atoms with Gasteiger partial charge in [-0.25, -0.2) is 4.79 Å². The van der Waals surface area contributed by atoms with Gasteiger partial charge in [-0.1, -0.05) is 17.7 Å². The lowest BCUT2D eigenvalue weighted by Crippen LogP contribution is -2.47. The van der Waals surface area contributed by atoms with Crippen LogP contribution in [-0.4, -0.2) is 48.7 Å². The van der Waals surface area contributed by atoms with E-state index < -0.39 is 17.7 Å². The topological polar surface area (TPSA) is 67.9 Å². The van der Waals surface area contributed by atoms with Crippen LogP contribution in [0.3, 0.4) is 0 Å². The first-order chi connectivity index (χ1) is 12.2. The Hall–Kier alpha value is -2.24. The Morgan fingerprint density at radius 3 is 2.69 bits per heavy atom. The number of hydrogen-bond acceptors (Lipinski definition) is 4. The number of ether oxygens (including phenoxy) is 2. The maximum atomic E-state index is 12.5. The molecule has 26 heavy (non-hydrogen) atoms. The first-order valence-electron chi connectivity index (χ1n) is 9.12. The van der Waals surface area contributed by atoms with Gasteiger partial charge in [-0.2, -0.15) is 0 Å². The van der Waals surface area contributed by atoms with Crippen molar-refractivity contribution in [1.82, 2.24) is 10.2 Å². The van der Waals surface area contributed by atoms with Crippen molar-refractivity contribution in [2.45, 2.75) is 58.6 Å². The molecule has 0 aliphatic carbocycles. The summed E-state index contributed by atoms with van der Waals surface area (Å²) >= 11 is 0. The molecule has 1 atom stereocenters. The number of likely N-dealkylation sites (tertiary alicyclic amines) is 1. The Labute approximate surface area is 155 Å². The molecule has 1 fully saturated rings. The molecule has 1 N–H and O–H groups in total. The second-order valence-corrected chi connectivity index (χ2v) is 7.69. The van der Waals surface area contributed by atoms with Crippen LogP contribution in [0.25, 0.3) is 0 Å². The molecule has 6 nitrogen and oxygen atoms in total. The second kappa shape index (κ2) is 8.43. The largest absolute Gasteiger partial charge is 0.496 e. The number of methoxy groups -OCH3 is 1. The Kier molecular flexibility index (Phi) is 6.51. The Balaban J connectivity index is 1.91. The Morgan fingerprint density at radius 2 is 2.04 bits per heavy atom. The molecule has 0 unspecified atom stereocenters. The minimum atomic E-state index is -0.567. The number of hydrogen-bond donors (Lipinski definition) is 1. The van der Waals surface area contributed by atoms with Gasteiger partial charge in [-0.15, -0.1) is 0 Å². The highest BCUT2D eigenvalue weighted by Crippen LogP contribution is 2.22. The van der Waals surface area contributed by atoms with E-state index >= 15 is 0 Å². The highest BCUT2D eigenvalue weighted by atomic mass is 16.6. The summed E-state index contributed by atoms with van der Waals surface area (Å²) in [6, 6.07) is 5.55. The molecule has 144 valence electrons. The van der Waals surface area contributed by atoms with Gasteiger partial charge in [0.25, 0.3) is 0 Å². The molecular weight excluding hydrogens is 332 g/mol. The van der Waals surface area contributed by atoms with E-state index in [2.05, 4.69) is 11.4 Å². The van der Waals surface area contributed by atoms with E-state index in [0.29, 0.717) is 25.9 Å². The van der Waals surface area contributed by atoms with Gasteiger partial charge >= 0.3 is 6.09 Å². The third kappa shape index (κ3) is 5.38. The summed E-state index contributed by atoms with van der Waals surface area (Å²) in [5.74, 6) is 0.695. The number of nitrogens with zero attached hydrogens (tertiary/aromatic N) is 1. The van der Waals surface area contributed by atoms with E-state index in [4.69, 9.17) is 9.47 Å². The van der Waals surface area contributed by atoms with Crippen LogP contribution >= 0.6 is 0 Å². The SMILES string of the molecule is COc1ccc(C)cc1CCNC(=O)[C@@H]1CCCN1C(=O)OC(C)(C)C. The highest BCUT2D eigenvalue weighted by Gasteiger charge is 2.36. The van der Waals surface area contributed by atoms with Crippen LogP contribution in [0.5, 0.6) is 5.75 Å². The fourth-order valence-corrected chi connectivity index (χ4v) is 3.12. The van der Waals surface area contributed by atoms with Gasteiger partial charge in [-0.05, 0) is 58.6 Å². The number of amides is 2. The predicted octanol–water partition coefficient (Wildman–Crippen LogP) is 3.06. The molecule has 0 saturated carbocycles. The number of rotatable bonds is 5. The van der Waals surface area contributed by atoms with E-state index in [1.807, 2.05) is 39.8 Å². The van der Waals surface area contributed by atoms with Crippen LogP contribution in [0.1, 0.15) is 44.7 Å². The summed E-state index contributed by atoms with van der Waals surface area (Å²) in [6.45, 7) is 8.55. The van der Waals surface area contributed by atoms with Crippen molar-refractivity contribution < 1.29 is 19.1 Å². The Morgan fingerprint density at radius 1 is 1.31 bits per heavy atom. The fraction of sp³-hybridized carbons (Fsp3) is 0.600. The summed E-state index contributed by atoms with van der Waals surface area (Å²) < 4.78 is 10.8. The average Bonchev–Trinajstić information content (AvgIpc) is 3.03.